The standard InChI is InChI=1S/C34H33FO10/c1-3-31(36)42-20-5-18-40-27-12-8-25(9-13-27)33(38)44-22-17-24-7-16-29(23-30(24)35)45-34(39)26-10-14-28(15-11-26)41-19-6-21-43-32(37)4-2/h3-4,7-16,23H,1-2,5-6,17-22H2. The van der Waals surface area contributed by atoms with Gasteiger partial charge in [-0.3, -0.25) is 0 Å². The van der Waals surface area contributed by atoms with E-state index in [2.05, 4.69) is 13.2 Å². The summed E-state index contributed by atoms with van der Waals surface area (Å²) in [4.78, 5) is 46.9. The van der Waals surface area contributed by atoms with E-state index in [-0.39, 0.29) is 43.1 Å². The van der Waals surface area contributed by atoms with Crippen LogP contribution in [0.3, 0.4) is 0 Å². The van der Waals surface area contributed by atoms with Gasteiger partial charge in [0.2, 0.25) is 0 Å². The average Bonchev–Trinajstić information content (AvgIpc) is 3.05. The number of hydrogen-bond acceptors (Lipinski definition) is 10. The first-order valence-electron chi connectivity index (χ1n) is 14.0. The number of carbonyl (C=O) groups excluding carboxylic acids is 4. The van der Waals surface area contributed by atoms with Crippen molar-refractivity contribution in [2.45, 2.75) is 19.3 Å². The fourth-order valence-corrected chi connectivity index (χ4v) is 3.63. The van der Waals surface area contributed by atoms with Crippen molar-refractivity contribution in [1.29, 1.82) is 0 Å². The summed E-state index contributed by atoms with van der Waals surface area (Å²) in [5.41, 5.74) is 0.826. The molecule has 0 saturated carbocycles. The molecule has 0 fully saturated rings. The second-order valence-electron chi connectivity index (χ2n) is 9.22. The van der Waals surface area contributed by atoms with E-state index in [9.17, 15) is 23.6 Å². The first-order chi connectivity index (χ1) is 21.8. The second-order valence-corrected chi connectivity index (χ2v) is 9.22. The number of rotatable bonds is 18. The molecule has 3 aromatic carbocycles. The molecule has 0 radical (unpaired) electrons. The van der Waals surface area contributed by atoms with Crippen molar-refractivity contribution in [3.05, 3.63) is 115 Å². The van der Waals surface area contributed by atoms with Crippen molar-refractivity contribution in [2.24, 2.45) is 0 Å². The van der Waals surface area contributed by atoms with Crippen molar-refractivity contribution < 1.29 is 52.0 Å². The van der Waals surface area contributed by atoms with Crippen LogP contribution in [0.2, 0.25) is 0 Å². The molecular weight excluding hydrogens is 587 g/mol. The van der Waals surface area contributed by atoms with E-state index in [1.165, 1.54) is 24.3 Å². The van der Waals surface area contributed by atoms with Gasteiger partial charge in [0.1, 0.15) is 23.1 Å². The Balaban J connectivity index is 1.38. The molecule has 10 nitrogen and oxygen atoms in total. The maximum Gasteiger partial charge on any atom is 0.343 e. The first-order valence-corrected chi connectivity index (χ1v) is 14.0. The first kappa shape index (κ1) is 34.0. The molecule has 0 atom stereocenters. The van der Waals surface area contributed by atoms with Crippen molar-refractivity contribution >= 4 is 23.9 Å². The zero-order valence-electron chi connectivity index (χ0n) is 24.5. The van der Waals surface area contributed by atoms with Crippen LogP contribution in [0.15, 0.2) is 92.0 Å². The van der Waals surface area contributed by atoms with Crippen molar-refractivity contribution in [3.63, 3.8) is 0 Å². The third kappa shape index (κ3) is 12.0. The van der Waals surface area contributed by atoms with E-state index < -0.39 is 29.7 Å². The molecule has 0 spiro atoms. The molecule has 0 bridgehead atoms. The van der Waals surface area contributed by atoms with Gasteiger partial charge in [0.05, 0.1) is 44.2 Å². The molecule has 45 heavy (non-hydrogen) atoms. The van der Waals surface area contributed by atoms with Crippen LogP contribution in [-0.2, 0) is 30.2 Å². The van der Waals surface area contributed by atoms with Crippen LogP contribution in [0, 0.1) is 5.82 Å². The second kappa shape index (κ2) is 18.3. The molecule has 0 aliphatic heterocycles. The Bertz CT molecular complexity index is 1470. The summed E-state index contributed by atoms with van der Waals surface area (Å²) in [6, 6.07) is 16.5. The maximum absolute atomic E-state index is 14.7. The van der Waals surface area contributed by atoms with Crippen LogP contribution in [-0.4, -0.2) is 56.9 Å². The molecule has 0 amide bonds. The number of halogens is 1. The minimum Gasteiger partial charge on any atom is -0.493 e. The van der Waals surface area contributed by atoms with Gasteiger partial charge in [0.15, 0.2) is 0 Å². The minimum absolute atomic E-state index is 0.0210. The Labute approximate surface area is 259 Å². The third-order valence-corrected chi connectivity index (χ3v) is 5.96. The molecule has 11 heteroatoms. The topological polar surface area (TPSA) is 124 Å². The van der Waals surface area contributed by atoms with Crippen LogP contribution in [0.4, 0.5) is 4.39 Å². The van der Waals surface area contributed by atoms with Crippen molar-refractivity contribution in [2.75, 3.05) is 33.0 Å². The quantitative estimate of drug-likeness (QED) is 0.0597. The Hall–Kier alpha value is -5.45. The molecule has 0 saturated heterocycles. The fraction of sp³-hybridized carbons (Fsp3) is 0.235. The Morgan fingerprint density at radius 3 is 1.58 bits per heavy atom. The molecular formula is C34H33FO10. The summed E-state index contributed by atoms with van der Waals surface area (Å²) in [5, 5.41) is 0. The van der Waals surface area contributed by atoms with E-state index in [1.807, 2.05) is 0 Å². The van der Waals surface area contributed by atoms with Crippen molar-refractivity contribution in [3.8, 4) is 17.2 Å². The zero-order chi connectivity index (χ0) is 32.4. The van der Waals surface area contributed by atoms with E-state index in [4.69, 9.17) is 28.4 Å². The lowest BCUT2D eigenvalue weighted by molar-refractivity contribution is -0.138. The molecule has 0 unspecified atom stereocenters. The summed E-state index contributed by atoms with van der Waals surface area (Å²) >= 11 is 0. The monoisotopic (exact) mass is 620 g/mol. The predicted molar refractivity (Wildman–Crippen MR) is 161 cm³/mol. The molecule has 0 aliphatic rings. The molecule has 236 valence electrons. The smallest absolute Gasteiger partial charge is 0.343 e. The van der Waals surface area contributed by atoms with Gasteiger partial charge < -0.3 is 28.4 Å². The van der Waals surface area contributed by atoms with Crippen LogP contribution >= 0.6 is 0 Å². The molecule has 0 aromatic heterocycles. The lowest BCUT2D eigenvalue weighted by Crippen LogP contribution is -2.10. The van der Waals surface area contributed by atoms with Crippen LogP contribution in [0.25, 0.3) is 0 Å². The summed E-state index contributed by atoms with van der Waals surface area (Å²) in [7, 11) is 0. The van der Waals surface area contributed by atoms with Gasteiger partial charge in [-0.1, -0.05) is 19.2 Å². The fourth-order valence-electron chi connectivity index (χ4n) is 3.63. The van der Waals surface area contributed by atoms with Crippen LogP contribution in [0.5, 0.6) is 17.2 Å². The van der Waals surface area contributed by atoms with Gasteiger partial charge in [-0.15, -0.1) is 0 Å². The number of ether oxygens (including phenoxy) is 6. The number of esters is 4. The normalized spacial score (nSPS) is 10.2. The van der Waals surface area contributed by atoms with Gasteiger partial charge in [-0.2, -0.15) is 0 Å². The number of benzene rings is 3. The summed E-state index contributed by atoms with van der Waals surface area (Å²) in [5.74, 6) is -1.79. The number of hydrogen-bond donors (Lipinski definition) is 0. The van der Waals surface area contributed by atoms with Gasteiger partial charge in [-0.05, 0) is 60.2 Å². The van der Waals surface area contributed by atoms with E-state index >= 15 is 0 Å². The van der Waals surface area contributed by atoms with Gasteiger partial charge in [-0.25, -0.2) is 23.6 Å². The lowest BCUT2D eigenvalue weighted by atomic mass is 10.1. The lowest BCUT2D eigenvalue weighted by Gasteiger charge is -2.10. The highest BCUT2D eigenvalue weighted by Gasteiger charge is 2.13. The van der Waals surface area contributed by atoms with Crippen molar-refractivity contribution in [1.82, 2.24) is 0 Å². The third-order valence-electron chi connectivity index (χ3n) is 5.96. The molecule has 0 aliphatic carbocycles. The van der Waals surface area contributed by atoms with E-state index in [0.29, 0.717) is 43.1 Å². The van der Waals surface area contributed by atoms with Crippen LogP contribution in [0.1, 0.15) is 39.1 Å². The summed E-state index contributed by atoms with van der Waals surface area (Å²) in [6.07, 6.45) is 3.26. The Kier molecular flexibility index (Phi) is 13.8. The SMILES string of the molecule is C=CC(=O)OCCCOc1ccc(C(=O)OCCc2ccc(OC(=O)c3ccc(OCCCOC(=O)C=C)cc3)cc2F)cc1. The highest BCUT2D eigenvalue weighted by Crippen LogP contribution is 2.20. The predicted octanol–water partition coefficient (Wildman–Crippen LogP) is 5.44. The van der Waals surface area contributed by atoms with E-state index in [0.717, 1.165) is 18.2 Å². The highest BCUT2D eigenvalue weighted by molar-refractivity contribution is 5.91. The van der Waals surface area contributed by atoms with Gasteiger partial charge >= 0.3 is 23.9 Å². The largest absolute Gasteiger partial charge is 0.493 e. The summed E-state index contributed by atoms with van der Waals surface area (Å²) in [6.45, 7) is 7.60. The zero-order valence-corrected chi connectivity index (χ0v) is 24.5. The Morgan fingerprint density at radius 1 is 0.600 bits per heavy atom. The molecule has 3 rings (SSSR count). The maximum atomic E-state index is 14.7. The van der Waals surface area contributed by atoms with Gasteiger partial charge in [0, 0.05) is 37.5 Å². The molecule has 0 heterocycles. The van der Waals surface area contributed by atoms with E-state index in [1.54, 1.807) is 36.4 Å². The average molecular weight is 621 g/mol. The highest BCUT2D eigenvalue weighted by atomic mass is 19.1. The van der Waals surface area contributed by atoms with Crippen LogP contribution < -0.4 is 14.2 Å². The Morgan fingerprint density at radius 2 is 1.09 bits per heavy atom. The minimum atomic E-state index is -0.676. The summed E-state index contributed by atoms with van der Waals surface area (Å²) < 4.78 is 46.0. The van der Waals surface area contributed by atoms with Gasteiger partial charge in [0.25, 0.3) is 0 Å². The number of carbonyl (C=O) groups is 4. The molecule has 3 aromatic rings. The molecule has 0 N–H and O–H groups in total.